The molecule has 1 nitrogen and oxygen atoms in total. The zero-order valence-corrected chi connectivity index (χ0v) is 11.3. The van der Waals surface area contributed by atoms with Gasteiger partial charge < -0.3 is 5.11 Å². The SMILES string of the molecule is CC(C)CCCC(O)C1C(C)(C)C1(C)C. The third kappa shape index (κ3) is 2.38. The molecule has 0 radical (unpaired) electrons. The van der Waals surface area contributed by atoms with Gasteiger partial charge in [0.2, 0.25) is 0 Å². The average Bonchev–Trinajstić information content (AvgIpc) is 2.41. The topological polar surface area (TPSA) is 20.2 Å². The molecule has 0 spiro atoms. The Kier molecular flexibility index (Phi) is 3.55. The largest absolute Gasteiger partial charge is 0.393 e. The van der Waals surface area contributed by atoms with Crippen LogP contribution in [-0.4, -0.2) is 11.2 Å². The van der Waals surface area contributed by atoms with Crippen LogP contribution in [0, 0.1) is 22.7 Å². The first-order valence-corrected chi connectivity index (χ1v) is 6.39. The molecule has 0 saturated heterocycles. The van der Waals surface area contributed by atoms with Crippen molar-refractivity contribution in [2.75, 3.05) is 0 Å². The summed E-state index contributed by atoms with van der Waals surface area (Å²) in [7, 11) is 0. The molecule has 90 valence electrons. The van der Waals surface area contributed by atoms with Crippen molar-refractivity contribution >= 4 is 0 Å². The molecule has 1 unspecified atom stereocenters. The summed E-state index contributed by atoms with van der Waals surface area (Å²) in [4.78, 5) is 0. The molecule has 1 saturated carbocycles. The molecule has 1 rings (SSSR count). The van der Waals surface area contributed by atoms with Crippen molar-refractivity contribution in [1.29, 1.82) is 0 Å². The Balaban J connectivity index is 2.34. The predicted octanol–water partition coefficient (Wildman–Crippen LogP) is 3.86. The number of rotatable bonds is 5. The van der Waals surface area contributed by atoms with Gasteiger partial charge in [0.1, 0.15) is 0 Å². The van der Waals surface area contributed by atoms with Gasteiger partial charge >= 0.3 is 0 Å². The Morgan fingerprint density at radius 2 is 1.47 bits per heavy atom. The van der Waals surface area contributed by atoms with Crippen molar-refractivity contribution in [2.45, 2.75) is 66.9 Å². The summed E-state index contributed by atoms with van der Waals surface area (Å²) >= 11 is 0. The first kappa shape index (κ1) is 13.0. The third-order valence-corrected chi connectivity index (χ3v) is 4.80. The lowest BCUT2D eigenvalue weighted by atomic mass is 9.99. The molecule has 1 N–H and O–H groups in total. The van der Waals surface area contributed by atoms with Gasteiger partial charge in [-0.05, 0) is 29.1 Å². The van der Waals surface area contributed by atoms with E-state index in [9.17, 15) is 5.11 Å². The Bertz CT molecular complexity index is 201. The summed E-state index contributed by atoms with van der Waals surface area (Å²) in [5.41, 5.74) is 0.647. The molecule has 1 aliphatic carbocycles. The highest BCUT2D eigenvalue weighted by atomic mass is 16.3. The monoisotopic (exact) mass is 212 g/mol. The Morgan fingerprint density at radius 1 is 1.00 bits per heavy atom. The van der Waals surface area contributed by atoms with E-state index >= 15 is 0 Å². The van der Waals surface area contributed by atoms with Gasteiger partial charge in [0.15, 0.2) is 0 Å². The lowest BCUT2D eigenvalue weighted by Gasteiger charge is -2.13. The van der Waals surface area contributed by atoms with Gasteiger partial charge in [-0.3, -0.25) is 0 Å². The maximum absolute atomic E-state index is 10.2. The highest BCUT2D eigenvalue weighted by Crippen LogP contribution is 2.70. The summed E-state index contributed by atoms with van der Waals surface area (Å²) in [5.74, 6) is 1.26. The van der Waals surface area contributed by atoms with Crippen molar-refractivity contribution < 1.29 is 5.11 Å². The van der Waals surface area contributed by atoms with E-state index < -0.39 is 0 Å². The first-order valence-electron chi connectivity index (χ1n) is 6.39. The number of hydrogen-bond donors (Lipinski definition) is 1. The van der Waals surface area contributed by atoms with E-state index in [1.54, 1.807) is 0 Å². The Hall–Kier alpha value is -0.0400. The zero-order chi connectivity index (χ0) is 11.9. The molecule has 0 aromatic heterocycles. The van der Waals surface area contributed by atoms with Crippen molar-refractivity contribution in [3.05, 3.63) is 0 Å². The van der Waals surface area contributed by atoms with E-state index in [1.165, 1.54) is 12.8 Å². The van der Waals surface area contributed by atoms with E-state index in [1.807, 2.05) is 0 Å². The minimum absolute atomic E-state index is 0.0891. The highest BCUT2D eigenvalue weighted by Gasteiger charge is 2.66. The minimum atomic E-state index is -0.0891. The average molecular weight is 212 g/mol. The fourth-order valence-electron chi connectivity index (χ4n) is 3.11. The molecule has 1 heteroatoms. The van der Waals surface area contributed by atoms with Crippen molar-refractivity contribution in [3.63, 3.8) is 0 Å². The molecular weight excluding hydrogens is 184 g/mol. The fourth-order valence-corrected chi connectivity index (χ4v) is 3.11. The summed E-state index contributed by atoms with van der Waals surface area (Å²) in [6.07, 6.45) is 3.30. The lowest BCUT2D eigenvalue weighted by Crippen LogP contribution is -2.14. The fraction of sp³-hybridized carbons (Fsp3) is 1.00. The molecule has 1 aliphatic rings. The molecule has 0 aromatic carbocycles. The molecule has 15 heavy (non-hydrogen) atoms. The van der Waals surface area contributed by atoms with E-state index in [2.05, 4.69) is 41.5 Å². The Morgan fingerprint density at radius 3 is 1.80 bits per heavy atom. The quantitative estimate of drug-likeness (QED) is 0.734. The molecule has 1 fully saturated rings. The van der Waals surface area contributed by atoms with Crippen molar-refractivity contribution in [3.8, 4) is 0 Å². The van der Waals surface area contributed by atoms with E-state index in [-0.39, 0.29) is 6.10 Å². The van der Waals surface area contributed by atoms with Crippen molar-refractivity contribution in [2.24, 2.45) is 22.7 Å². The van der Waals surface area contributed by atoms with E-state index in [4.69, 9.17) is 0 Å². The van der Waals surface area contributed by atoms with Crippen LogP contribution >= 0.6 is 0 Å². The molecule has 0 aromatic rings. The number of hydrogen-bond acceptors (Lipinski definition) is 1. The van der Waals surface area contributed by atoms with Gasteiger partial charge in [-0.1, -0.05) is 54.4 Å². The van der Waals surface area contributed by atoms with Crippen LogP contribution in [0.4, 0.5) is 0 Å². The third-order valence-electron chi connectivity index (χ3n) is 4.80. The van der Waals surface area contributed by atoms with Crippen LogP contribution in [0.3, 0.4) is 0 Å². The second kappa shape index (κ2) is 4.08. The van der Waals surface area contributed by atoms with Gasteiger partial charge in [-0.15, -0.1) is 0 Å². The second-order valence-electron chi connectivity index (χ2n) is 6.81. The maximum atomic E-state index is 10.2. The van der Waals surface area contributed by atoms with E-state index in [0.717, 1.165) is 12.3 Å². The lowest BCUT2D eigenvalue weighted by molar-refractivity contribution is 0.116. The smallest absolute Gasteiger partial charge is 0.0579 e. The molecule has 1 atom stereocenters. The first-order chi connectivity index (χ1) is 6.71. The van der Waals surface area contributed by atoms with Gasteiger partial charge in [0.25, 0.3) is 0 Å². The van der Waals surface area contributed by atoms with Crippen LogP contribution in [0.2, 0.25) is 0 Å². The summed E-state index contributed by atoms with van der Waals surface area (Å²) < 4.78 is 0. The van der Waals surface area contributed by atoms with Crippen LogP contribution in [0.25, 0.3) is 0 Å². The Labute approximate surface area is 95.3 Å². The molecular formula is C14H28O. The van der Waals surface area contributed by atoms with Crippen LogP contribution in [0.1, 0.15) is 60.8 Å². The normalized spacial score (nSPS) is 25.6. The predicted molar refractivity (Wildman–Crippen MR) is 65.7 cm³/mol. The van der Waals surface area contributed by atoms with Crippen LogP contribution in [0.5, 0.6) is 0 Å². The molecule has 0 heterocycles. The molecule has 0 amide bonds. The van der Waals surface area contributed by atoms with Gasteiger partial charge in [0.05, 0.1) is 6.10 Å². The zero-order valence-electron chi connectivity index (χ0n) is 11.3. The molecule has 0 aliphatic heterocycles. The number of aliphatic hydroxyl groups is 1. The van der Waals surface area contributed by atoms with Crippen LogP contribution < -0.4 is 0 Å². The van der Waals surface area contributed by atoms with Crippen molar-refractivity contribution in [1.82, 2.24) is 0 Å². The standard InChI is InChI=1S/C14H28O/c1-10(2)8-7-9-11(15)12-13(3,4)14(12,5)6/h10-12,15H,7-9H2,1-6H3. The summed E-state index contributed by atoms with van der Waals surface area (Å²) in [6, 6.07) is 0. The van der Waals surface area contributed by atoms with Crippen LogP contribution in [-0.2, 0) is 0 Å². The van der Waals surface area contributed by atoms with Gasteiger partial charge in [-0.25, -0.2) is 0 Å². The van der Waals surface area contributed by atoms with Gasteiger partial charge in [0, 0.05) is 0 Å². The highest BCUT2D eigenvalue weighted by molar-refractivity contribution is 5.14. The van der Waals surface area contributed by atoms with Gasteiger partial charge in [-0.2, -0.15) is 0 Å². The molecule has 0 bridgehead atoms. The summed E-state index contributed by atoms with van der Waals surface area (Å²) in [5, 5.41) is 10.2. The van der Waals surface area contributed by atoms with E-state index in [0.29, 0.717) is 16.7 Å². The summed E-state index contributed by atoms with van der Waals surface area (Å²) in [6.45, 7) is 13.6. The second-order valence-corrected chi connectivity index (χ2v) is 6.81. The minimum Gasteiger partial charge on any atom is -0.393 e. The number of aliphatic hydroxyl groups excluding tert-OH is 1. The maximum Gasteiger partial charge on any atom is 0.0579 e. The van der Waals surface area contributed by atoms with Crippen LogP contribution in [0.15, 0.2) is 0 Å².